The predicted molar refractivity (Wildman–Crippen MR) is 58.5 cm³/mol. The van der Waals surface area contributed by atoms with Crippen molar-refractivity contribution in [2.45, 2.75) is 11.1 Å². The summed E-state index contributed by atoms with van der Waals surface area (Å²) in [6, 6.07) is 3.30. The van der Waals surface area contributed by atoms with Gasteiger partial charge in [0.2, 0.25) is 10.0 Å². The Bertz CT molecular complexity index is 554. The van der Waals surface area contributed by atoms with Crippen LogP contribution in [-0.2, 0) is 16.2 Å². The topological polar surface area (TPSA) is 96.0 Å². The van der Waals surface area contributed by atoms with E-state index < -0.39 is 39.0 Å². The summed E-state index contributed by atoms with van der Waals surface area (Å²) in [7, 11) is -4.11. The molecule has 18 heavy (non-hydrogen) atoms. The third kappa shape index (κ3) is 3.70. The molecular formula is C9H10F3N3O2S. The Morgan fingerprint density at radius 2 is 2.00 bits per heavy atom. The minimum absolute atomic E-state index is 0.439. The summed E-state index contributed by atoms with van der Waals surface area (Å²) >= 11 is 0. The van der Waals surface area contributed by atoms with E-state index in [0.29, 0.717) is 6.07 Å². The third-order valence-corrected chi connectivity index (χ3v) is 3.32. The van der Waals surface area contributed by atoms with Crippen LogP contribution in [0.2, 0.25) is 0 Å². The first kappa shape index (κ1) is 14.5. The average molecular weight is 281 g/mol. The lowest BCUT2D eigenvalue weighted by Crippen LogP contribution is -2.33. The number of benzene rings is 1. The molecular weight excluding hydrogens is 271 g/mol. The maximum Gasteiger partial charge on any atom is 0.416 e. The molecule has 0 spiro atoms. The van der Waals surface area contributed by atoms with Crippen LogP contribution in [0.25, 0.3) is 0 Å². The molecule has 0 fully saturated rings. The van der Waals surface area contributed by atoms with Crippen LogP contribution in [-0.4, -0.2) is 20.8 Å². The summed E-state index contributed by atoms with van der Waals surface area (Å²) in [5, 5.41) is 6.85. The van der Waals surface area contributed by atoms with Gasteiger partial charge in [-0.2, -0.15) is 13.2 Å². The number of alkyl halides is 3. The fourth-order valence-electron chi connectivity index (χ4n) is 1.10. The van der Waals surface area contributed by atoms with E-state index in [0.717, 1.165) is 18.2 Å². The summed E-state index contributed by atoms with van der Waals surface area (Å²) in [5.74, 6) is -0.439. The van der Waals surface area contributed by atoms with Crippen molar-refractivity contribution >= 4 is 15.9 Å². The van der Waals surface area contributed by atoms with Crippen molar-refractivity contribution in [3.63, 3.8) is 0 Å². The smallest absolute Gasteiger partial charge is 0.387 e. The summed E-state index contributed by atoms with van der Waals surface area (Å²) < 4.78 is 62.3. The lowest BCUT2D eigenvalue weighted by Gasteiger charge is -2.09. The molecule has 0 amide bonds. The molecule has 1 rings (SSSR count). The molecule has 0 bridgehead atoms. The van der Waals surface area contributed by atoms with Gasteiger partial charge in [0.15, 0.2) is 0 Å². The molecule has 5 nitrogen and oxygen atoms in total. The van der Waals surface area contributed by atoms with E-state index in [9.17, 15) is 21.6 Å². The second-order valence-electron chi connectivity index (χ2n) is 3.38. The molecule has 100 valence electrons. The molecule has 0 aliphatic heterocycles. The molecule has 0 saturated carbocycles. The van der Waals surface area contributed by atoms with Gasteiger partial charge in [0.25, 0.3) is 0 Å². The lowest BCUT2D eigenvalue weighted by molar-refractivity contribution is -0.137. The zero-order valence-corrected chi connectivity index (χ0v) is 9.77. The second kappa shape index (κ2) is 4.94. The van der Waals surface area contributed by atoms with E-state index in [-0.39, 0.29) is 0 Å². The van der Waals surface area contributed by atoms with Crippen molar-refractivity contribution < 1.29 is 21.6 Å². The zero-order chi connectivity index (χ0) is 14.0. The zero-order valence-electron chi connectivity index (χ0n) is 8.95. The van der Waals surface area contributed by atoms with Gasteiger partial charge in [-0.3, -0.25) is 5.41 Å². The van der Waals surface area contributed by atoms with Crippen LogP contribution >= 0.6 is 0 Å². The molecule has 1 aromatic rings. The molecule has 9 heteroatoms. The molecule has 4 N–H and O–H groups in total. The quantitative estimate of drug-likeness (QED) is 0.565. The largest absolute Gasteiger partial charge is 0.416 e. The number of rotatable bonds is 4. The van der Waals surface area contributed by atoms with E-state index in [1.165, 1.54) is 0 Å². The number of hydrogen-bond donors (Lipinski definition) is 3. The number of halogens is 3. The molecule has 0 unspecified atom stereocenters. The Morgan fingerprint density at radius 1 is 1.39 bits per heavy atom. The highest BCUT2D eigenvalue weighted by atomic mass is 32.2. The molecule has 0 atom stereocenters. The van der Waals surface area contributed by atoms with Crippen LogP contribution in [0.5, 0.6) is 0 Å². The van der Waals surface area contributed by atoms with Gasteiger partial charge in [-0.1, -0.05) is 6.07 Å². The first-order valence-corrected chi connectivity index (χ1v) is 6.11. The Balaban J connectivity index is 3.07. The van der Waals surface area contributed by atoms with Gasteiger partial charge in [-0.25, -0.2) is 13.1 Å². The minimum atomic E-state index is -4.62. The Kier molecular flexibility index (Phi) is 3.97. The van der Waals surface area contributed by atoms with Gasteiger partial charge < -0.3 is 5.73 Å². The first-order valence-electron chi connectivity index (χ1n) is 4.63. The van der Waals surface area contributed by atoms with Crippen molar-refractivity contribution in [3.8, 4) is 0 Å². The summed E-state index contributed by atoms with van der Waals surface area (Å²) in [6.07, 6.45) is -4.62. The van der Waals surface area contributed by atoms with Crippen LogP contribution < -0.4 is 10.5 Å². The molecule has 0 aliphatic carbocycles. The molecule has 0 aliphatic rings. The van der Waals surface area contributed by atoms with E-state index in [2.05, 4.69) is 0 Å². The Labute approximate surface area is 101 Å². The maximum absolute atomic E-state index is 12.4. The first-order chi connectivity index (χ1) is 8.13. The lowest BCUT2D eigenvalue weighted by atomic mass is 10.2. The van der Waals surface area contributed by atoms with Crippen LogP contribution in [0, 0.1) is 5.41 Å². The van der Waals surface area contributed by atoms with Gasteiger partial charge in [-0.05, 0) is 18.2 Å². The van der Waals surface area contributed by atoms with Gasteiger partial charge in [-0.15, -0.1) is 0 Å². The van der Waals surface area contributed by atoms with Gasteiger partial charge in [0.1, 0.15) is 5.84 Å². The van der Waals surface area contributed by atoms with E-state index >= 15 is 0 Å². The monoisotopic (exact) mass is 281 g/mol. The number of nitrogens with two attached hydrogens (primary N) is 1. The number of sulfonamides is 1. The van der Waals surface area contributed by atoms with Crippen molar-refractivity contribution in [1.29, 1.82) is 5.41 Å². The van der Waals surface area contributed by atoms with Crippen molar-refractivity contribution in [2.24, 2.45) is 5.73 Å². The predicted octanol–water partition coefficient (Wildman–Crippen LogP) is 0.920. The van der Waals surface area contributed by atoms with E-state index in [1.807, 2.05) is 4.72 Å². The van der Waals surface area contributed by atoms with Gasteiger partial charge in [0.05, 0.1) is 17.0 Å². The highest BCUT2D eigenvalue weighted by molar-refractivity contribution is 7.89. The number of hydrogen-bond acceptors (Lipinski definition) is 3. The maximum atomic E-state index is 12.4. The standard InChI is InChI=1S/C9H10F3N3O2S/c10-9(11,12)6-2-1-3-7(4-6)18(16,17)15-5-8(13)14/h1-4,15H,5H2,(H3,13,14). The summed E-state index contributed by atoms with van der Waals surface area (Å²) in [4.78, 5) is -0.529. The molecule has 0 aromatic heterocycles. The third-order valence-electron chi connectivity index (χ3n) is 1.92. The molecule has 0 saturated heterocycles. The van der Waals surface area contributed by atoms with Gasteiger partial charge >= 0.3 is 6.18 Å². The number of amidine groups is 1. The normalized spacial score (nSPS) is 12.4. The summed E-state index contributed by atoms with van der Waals surface area (Å²) in [5.41, 5.74) is 3.89. The van der Waals surface area contributed by atoms with Crippen LogP contribution in [0.3, 0.4) is 0 Å². The highest BCUT2D eigenvalue weighted by Crippen LogP contribution is 2.30. The molecule has 1 aromatic carbocycles. The average Bonchev–Trinajstić information content (AvgIpc) is 2.26. The van der Waals surface area contributed by atoms with Crippen LogP contribution in [0.1, 0.15) is 5.56 Å². The molecule has 0 radical (unpaired) electrons. The fraction of sp³-hybridized carbons (Fsp3) is 0.222. The second-order valence-corrected chi connectivity index (χ2v) is 5.14. The Hall–Kier alpha value is -1.61. The van der Waals surface area contributed by atoms with Crippen LogP contribution in [0.15, 0.2) is 29.2 Å². The minimum Gasteiger partial charge on any atom is -0.387 e. The fourth-order valence-corrected chi connectivity index (χ4v) is 2.15. The Morgan fingerprint density at radius 3 is 2.50 bits per heavy atom. The SMILES string of the molecule is N=C(N)CNS(=O)(=O)c1cccc(C(F)(F)F)c1. The summed E-state index contributed by atoms with van der Waals surface area (Å²) in [6.45, 7) is -0.460. The molecule has 0 heterocycles. The highest BCUT2D eigenvalue weighted by Gasteiger charge is 2.31. The van der Waals surface area contributed by atoms with Crippen molar-refractivity contribution in [1.82, 2.24) is 4.72 Å². The van der Waals surface area contributed by atoms with E-state index in [4.69, 9.17) is 11.1 Å². The number of nitrogens with one attached hydrogen (secondary N) is 2. The van der Waals surface area contributed by atoms with Gasteiger partial charge in [0, 0.05) is 0 Å². The van der Waals surface area contributed by atoms with Crippen molar-refractivity contribution in [3.05, 3.63) is 29.8 Å². The van der Waals surface area contributed by atoms with E-state index in [1.54, 1.807) is 0 Å². The van der Waals surface area contributed by atoms with Crippen molar-refractivity contribution in [2.75, 3.05) is 6.54 Å². The van der Waals surface area contributed by atoms with Crippen LogP contribution in [0.4, 0.5) is 13.2 Å².